The molecule has 0 N–H and O–H groups in total. The Morgan fingerprint density at radius 2 is 2.19 bits per heavy atom. The number of imidazole rings is 1. The van der Waals surface area contributed by atoms with Gasteiger partial charge >= 0.3 is 0 Å². The Bertz CT molecular complexity index is 475. The van der Waals surface area contributed by atoms with Crippen LogP contribution >= 0.6 is 31.9 Å². The van der Waals surface area contributed by atoms with Crippen LogP contribution < -0.4 is 0 Å². The Kier molecular flexibility index (Phi) is 3.81. The predicted molar refractivity (Wildman–Crippen MR) is 69.2 cm³/mol. The van der Waals surface area contributed by atoms with Gasteiger partial charge in [0.05, 0.1) is 24.8 Å². The van der Waals surface area contributed by atoms with Gasteiger partial charge in [0.15, 0.2) is 0 Å². The van der Waals surface area contributed by atoms with Crippen LogP contribution in [0.1, 0.15) is 19.0 Å². The SMILES string of the molecule is CCCn1cncc1Cn1nc(Br)cc1Br. The molecule has 0 amide bonds. The molecule has 0 radical (unpaired) electrons. The lowest BCUT2D eigenvalue weighted by molar-refractivity contribution is 0.589. The van der Waals surface area contributed by atoms with Gasteiger partial charge in [-0.3, -0.25) is 4.68 Å². The summed E-state index contributed by atoms with van der Waals surface area (Å²) in [5.74, 6) is 0. The fourth-order valence-corrected chi connectivity index (χ4v) is 2.69. The zero-order chi connectivity index (χ0) is 11.5. The third-order valence-electron chi connectivity index (χ3n) is 2.28. The van der Waals surface area contributed by atoms with Crippen LogP contribution in [0.2, 0.25) is 0 Å². The van der Waals surface area contributed by atoms with Crippen LogP contribution in [0.25, 0.3) is 0 Å². The average Bonchev–Trinajstić information content (AvgIpc) is 2.77. The van der Waals surface area contributed by atoms with Crippen LogP contribution in [0.15, 0.2) is 27.8 Å². The quantitative estimate of drug-likeness (QED) is 0.852. The summed E-state index contributed by atoms with van der Waals surface area (Å²) in [6.45, 7) is 3.88. The molecule has 16 heavy (non-hydrogen) atoms. The number of aryl methyl sites for hydroxylation is 1. The molecule has 2 heterocycles. The van der Waals surface area contributed by atoms with Gasteiger partial charge in [0, 0.05) is 12.6 Å². The second-order valence-electron chi connectivity index (χ2n) is 3.53. The van der Waals surface area contributed by atoms with Crippen molar-refractivity contribution in [2.75, 3.05) is 0 Å². The van der Waals surface area contributed by atoms with E-state index < -0.39 is 0 Å². The summed E-state index contributed by atoms with van der Waals surface area (Å²) in [5, 5.41) is 4.33. The van der Waals surface area contributed by atoms with Gasteiger partial charge in [0.1, 0.15) is 9.21 Å². The molecule has 86 valence electrons. The van der Waals surface area contributed by atoms with E-state index in [0.29, 0.717) is 0 Å². The Labute approximate surface area is 111 Å². The molecule has 0 atom stereocenters. The Morgan fingerprint density at radius 1 is 1.38 bits per heavy atom. The molecule has 0 aliphatic heterocycles. The highest BCUT2D eigenvalue weighted by Crippen LogP contribution is 2.17. The number of rotatable bonds is 4. The normalized spacial score (nSPS) is 10.9. The van der Waals surface area contributed by atoms with Gasteiger partial charge in [-0.1, -0.05) is 6.92 Å². The van der Waals surface area contributed by atoms with Crippen LogP contribution in [0.5, 0.6) is 0 Å². The summed E-state index contributed by atoms with van der Waals surface area (Å²) < 4.78 is 5.85. The highest BCUT2D eigenvalue weighted by Gasteiger charge is 2.07. The van der Waals surface area contributed by atoms with Gasteiger partial charge < -0.3 is 4.57 Å². The summed E-state index contributed by atoms with van der Waals surface area (Å²) in [5.41, 5.74) is 1.16. The predicted octanol–water partition coefficient (Wildman–Crippen LogP) is 3.06. The third kappa shape index (κ3) is 2.55. The van der Waals surface area contributed by atoms with Crippen LogP contribution in [0, 0.1) is 0 Å². The molecule has 4 nitrogen and oxygen atoms in total. The van der Waals surface area contributed by atoms with Crippen molar-refractivity contribution >= 4 is 31.9 Å². The molecule has 0 saturated carbocycles. The van der Waals surface area contributed by atoms with E-state index in [9.17, 15) is 0 Å². The van der Waals surface area contributed by atoms with Crippen molar-refractivity contribution in [2.24, 2.45) is 0 Å². The molecule has 0 fully saturated rings. The Hall–Kier alpha value is -0.620. The van der Waals surface area contributed by atoms with E-state index in [2.05, 4.69) is 53.4 Å². The van der Waals surface area contributed by atoms with Crippen LogP contribution in [-0.4, -0.2) is 19.3 Å². The van der Waals surface area contributed by atoms with E-state index in [4.69, 9.17) is 0 Å². The first-order chi connectivity index (χ1) is 7.70. The Balaban J connectivity index is 2.20. The van der Waals surface area contributed by atoms with Crippen molar-refractivity contribution in [1.29, 1.82) is 0 Å². The molecule has 0 saturated heterocycles. The summed E-state index contributed by atoms with van der Waals surface area (Å²) in [7, 11) is 0. The summed E-state index contributed by atoms with van der Waals surface area (Å²) in [6, 6.07) is 1.93. The molecular weight excluding hydrogens is 336 g/mol. The molecular formula is C10H12Br2N4. The maximum absolute atomic E-state index is 4.33. The molecule has 2 aromatic heterocycles. The minimum absolute atomic E-state index is 0.728. The first-order valence-corrected chi connectivity index (χ1v) is 6.67. The zero-order valence-electron chi connectivity index (χ0n) is 8.90. The van der Waals surface area contributed by atoms with Gasteiger partial charge in [-0.2, -0.15) is 5.10 Å². The first-order valence-electron chi connectivity index (χ1n) is 5.08. The molecule has 0 aromatic carbocycles. The molecule has 0 bridgehead atoms. The monoisotopic (exact) mass is 346 g/mol. The average molecular weight is 348 g/mol. The highest BCUT2D eigenvalue weighted by atomic mass is 79.9. The molecule has 6 heteroatoms. The molecule has 2 aromatic rings. The van der Waals surface area contributed by atoms with Crippen molar-refractivity contribution in [3.05, 3.63) is 33.5 Å². The lowest BCUT2D eigenvalue weighted by Crippen LogP contribution is -2.08. The number of hydrogen-bond acceptors (Lipinski definition) is 2. The van der Waals surface area contributed by atoms with Crippen molar-refractivity contribution in [3.63, 3.8) is 0 Å². The number of nitrogens with zero attached hydrogens (tertiary/aromatic N) is 4. The van der Waals surface area contributed by atoms with Crippen LogP contribution in [-0.2, 0) is 13.1 Å². The summed E-state index contributed by atoms with van der Waals surface area (Å²) in [4.78, 5) is 4.17. The lowest BCUT2D eigenvalue weighted by Gasteiger charge is -2.07. The van der Waals surface area contributed by atoms with E-state index in [1.807, 2.05) is 23.3 Å². The second-order valence-corrected chi connectivity index (χ2v) is 5.15. The standard InChI is InChI=1S/C10H12Br2N4/c1-2-3-15-7-13-5-8(15)6-16-10(12)4-9(11)14-16/h4-5,7H,2-3,6H2,1H3. The van der Waals surface area contributed by atoms with Gasteiger partial charge in [-0.25, -0.2) is 4.98 Å². The van der Waals surface area contributed by atoms with Crippen LogP contribution in [0.4, 0.5) is 0 Å². The molecule has 0 unspecified atom stereocenters. The summed E-state index contributed by atoms with van der Waals surface area (Å²) in [6.07, 6.45) is 4.86. The maximum atomic E-state index is 4.33. The Morgan fingerprint density at radius 3 is 2.81 bits per heavy atom. The van der Waals surface area contributed by atoms with Crippen molar-refractivity contribution < 1.29 is 0 Å². The van der Waals surface area contributed by atoms with Gasteiger partial charge in [0.25, 0.3) is 0 Å². The van der Waals surface area contributed by atoms with Gasteiger partial charge in [-0.15, -0.1) is 0 Å². The fourth-order valence-electron chi connectivity index (χ4n) is 1.55. The van der Waals surface area contributed by atoms with E-state index in [1.165, 1.54) is 0 Å². The summed E-state index contributed by atoms with van der Waals surface area (Å²) >= 11 is 6.82. The highest BCUT2D eigenvalue weighted by molar-refractivity contribution is 9.11. The minimum Gasteiger partial charge on any atom is -0.333 e. The van der Waals surface area contributed by atoms with Crippen molar-refractivity contribution in [1.82, 2.24) is 19.3 Å². The van der Waals surface area contributed by atoms with E-state index in [-0.39, 0.29) is 0 Å². The largest absolute Gasteiger partial charge is 0.333 e. The van der Waals surface area contributed by atoms with E-state index in [1.54, 1.807) is 0 Å². The molecule has 0 aliphatic rings. The smallest absolute Gasteiger partial charge is 0.129 e. The fraction of sp³-hybridized carbons (Fsp3) is 0.400. The molecule has 0 aliphatic carbocycles. The molecule has 2 rings (SSSR count). The van der Waals surface area contributed by atoms with Crippen LogP contribution in [0.3, 0.4) is 0 Å². The number of halogens is 2. The number of aromatic nitrogens is 4. The van der Waals surface area contributed by atoms with Crippen molar-refractivity contribution in [2.45, 2.75) is 26.4 Å². The maximum Gasteiger partial charge on any atom is 0.129 e. The van der Waals surface area contributed by atoms with E-state index >= 15 is 0 Å². The van der Waals surface area contributed by atoms with Gasteiger partial charge in [-0.05, 0) is 38.3 Å². The first kappa shape index (κ1) is 11.9. The topological polar surface area (TPSA) is 35.6 Å². The second kappa shape index (κ2) is 5.14. The van der Waals surface area contributed by atoms with Crippen molar-refractivity contribution in [3.8, 4) is 0 Å². The lowest BCUT2D eigenvalue weighted by atomic mass is 10.4. The van der Waals surface area contributed by atoms with E-state index in [0.717, 1.165) is 34.4 Å². The zero-order valence-corrected chi connectivity index (χ0v) is 12.1. The van der Waals surface area contributed by atoms with Gasteiger partial charge in [0.2, 0.25) is 0 Å². The molecule has 0 spiro atoms. The number of hydrogen-bond donors (Lipinski definition) is 0. The minimum atomic E-state index is 0.728. The third-order valence-corrected chi connectivity index (χ3v) is 3.30.